The zero-order chi connectivity index (χ0) is 35.4. The molecule has 0 aromatic heterocycles. The van der Waals surface area contributed by atoms with Gasteiger partial charge in [-0.25, -0.2) is 0 Å². The first-order chi connectivity index (χ1) is 22.8. The highest BCUT2D eigenvalue weighted by atomic mass is 33.1. The third kappa shape index (κ3) is 30.5. The lowest BCUT2D eigenvalue weighted by Gasteiger charge is -2.30. The van der Waals surface area contributed by atoms with E-state index in [4.69, 9.17) is 4.74 Å². The van der Waals surface area contributed by atoms with Crippen molar-refractivity contribution in [3.05, 3.63) is 72.9 Å². The smallest absolute Gasteiger partial charge is 0.249 e. The summed E-state index contributed by atoms with van der Waals surface area (Å²) in [6.07, 6.45) is 31.2. The molecule has 268 valence electrons. The topological polar surface area (TPSA) is 117 Å². The second-order valence-electron chi connectivity index (χ2n) is 10.8. The van der Waals surface area contributed by atoms with Crippen LogP contribution in [0.25, 0.3) is 0 Å². The van der Waals surface area contributed by atoms with Gasteiger partial charge in [-0.1, -0.05) is 129 Å². The van der Waals surface area contributed by atoms with E-state index in [0.717, 1.165) is 50.0 Å². The van der Waals surface area contributed by atoms with Crippen LogP contribution in [0.1, 0.15) is 86.0 Å². The van der Waals surface area contributed by atoms with Crippen LogP contribution in [-0.4, -0.2) is 73.8 Å². The summed E-state index contributed by atoms with van der Waals surface area (Å²) in [5.74, 6) is 1.05. The maximum Gasteiger partial charge on any atom is 0.249 e. The van der Waals surface area contributed by atoms with Crippen LogP contribution in [0.4, 0.5) is 0 Å². The first-order valence-electron chi connectivity index (χ1n) is 16.9. The highest BCUT2D eigenvalue weighted by molar-refractivity contribution is 8.76. The molecule has 0 heterocycles. The molecule has 4 N–H and O–H groups in total. The zero-order valence-electron chi connectivity index (χ0n) is 29.8. The summed E-state index contributed by atoms with van der Waals surface area (Å²) in [7, 11) is 4.71. The Balaban J connectivity index is 0. The van der Waals surface area contributed by atoms with Gasteiger partial charge in [0, 0.05) is 56.5 Å². The summed E-state index contributed by atoms with van der Waals surface area (Å²) in [5, 5.41) is 17.9. The van der Waals surface area contributed by atoms with Gasteiger partial charge in [-0.15, -0.1) is 0 Å². The summed E-state index contributed by atoms with van der Waals surface area (Å²) in [6.45, 7) is 10.8. The number of ether oxygens (including phenoxy) is 1. The SMILES string of the molecule is CC.CC/C=C\C/C=C\C/C=C\C/C=C\C/C=C\C/C=C\CC(=O)NCCSSCCNC(=O)CCNC(=O)C(OC)C(C)(C)CO. The molecule has 1 atom stereocenters. The van der Waals surface area contributed by atoms with Crippen molar-refractivity contribution in [2.24, 2.45) is 5.41 Å². The molecule has 0 fully saturated rings. The fourth-order valence-electron chi connectivity index (χ4n) is 3.71. The quantitative estimate of drug-likeness (QED) is 0.0407. The Morgan fingerprint density at radius 1 is 0.681 bits per heavy atom. The molecule has 0 aliphatic heterocycles. The minimum Gasteiger partial charge on any atom is -0.396 e. The summed E-state index contributed by atoms with van der Waals surface area (Å²) in [6, 6.07) is 0. The Morgan fingerprint density at radius 2 is 1.11 bits per heavy atom. The monoisotopic (exact) mass is 693 g/mol. The molecule has 0 spiro atoms. The first kappa shape index (κ1) is 46.6. The maximum atomic E-state index is 12.2. The van der Waals surface area contributed by atoms with Gasteiger partial charge in [-0.2, -0.15) is 0 Å². The Bertz CT molecular complexity index is 975. The third-order valence-electron chi connectivity index (χ3n) is 6.24. The predicted octanol–water partition coefficient (Wildman–Crippen LogP) is 7.25. The molecule has 0 saturated carbocycles. The van der Waals surface area contributed by atoms with E-state index in [1.54, 1.807) is 35.4 Å². The van der Waals surface area contributed by atoms with Crippen LogP contribution in [-0.2, 0) is 19.1 Å². The molecule has 0 aliphatic carbocycles. The van der Waals surface area contributed by atoms with Crippen molar-refractivity contribution in [3.63, 3.8) is 0 Å². The Labute approximate surface area is 293 Å². The Morgan fingerprint density at radius 3 is 1.53 bits per heavy atom. The van der Waals surface area contributed by atoms with E-state index in [1.165, 1.54) is 7.11 Å². The van der Waals surface area contributed by atoms with Crippen molar-refractivity contribution < 1.29 is 24.2 Å². The lowest BCUT2D eigenvalue weighted by atomic mass is 9.87. The van der Waals surface area contributed by atoms with Gasteiger partial charge in [0.25, 0.3) is 0 Å². The van der Waals surface area contributed by atoms with Crippen LogP contribution < -0.4 is 16.0 Å². The van der Waals surface area contributed by atoms with Crippen LogP contribution in [0.2, 0.25) is 0 Å². The fraction of sp³-hybridized carbons (Fsp3) is 0.595. The van der Waals surface area contributed by atoms with Crippen molar-refractivity contribution in [1.82, 2.24) is 16.0 Å². The number of hydrogen-bond donors (Lipinski definition) is 4. The van der Waals surface area contributed by atoms with E-state index in [9.17, 15) is 19.5 Å². The number of methoxy groups -OCH3 is 1. The average Bonchev–Trinajstić information content (AvgIpc) is 3.06. The van der Waals surface area contributed by atoms with Gasteiger partial charge < -0.3 is 25.8 Å². The highest BCUT2D eigenvalue weighted by Gasteiger charge is 2.34. The van der Waals surface area contributed by atoms with E-state index in [0.29, 0.717) is 19.5 Å². The zero-order valence-corrected chi connectivity index (χ0v) is 31.4. The summed E-state index contributed by atoms with van der Waals surface area (Å²) < 4.78 is 5.21. The van der Waals surface area contributed by atoms with Gasteiger partial charge in [0.15, 0.2) is 0 Å². The van der Waals surface area contributed by atoms with E-state index >= 15 is 0 Å². The molecule has 1 unspecified atom stereocenters. The normalized spacial score (nSPS) is 12.8. The molecule has 0 radical (unpaired) electrons. The molecular weight excluding hydrogens is 631 g/mol. The van der Waals surface area contributed by atoms with Crippen molar-refractivity contribution in [3.8, 4) is 0 Å². The average molecular weight is 694 g/mol. The number of rotatable bonds is 27. The van der Waals surface area contributed by atoms with Crippen molar-refractivity contribution in [1.29, 1.82) is 0 Å². The van der Waals surface area contributed by atoms with Crippen LogP contribution >= 0.6 is 21.6 Å². The second kappa shape index (κ2) is 34.8. The second-order valence-corrected chi connectivity index (χ2v) is 13.5. The van der Waals surface area contributed by atoms with Crippen molar-refractivity contribution in [2.75, 3.05) is 44.9 Å². The molecule has 0 aromatic rings. The molecule has 0 rings (SSSR count). The summed E-state index contributed by atoms with van der Waals surface area (Å²) >= 11 is 0. The lowest BCUT2D eigenvalue weighted by molar-refractivity contribution is -0.140. The molecule has 10 heteroatoms. The fourth-order valence-corrected chi connectivity index (χ4v) is 5.52. The Hall–Kier alpha value is -2.53. The number of carbonyl (C=O) groups excluding carboxylic acids is 3. The number of hydrogen-bond acceptors (Lipinski definition) is 7. The number of aliphatic hydroxyl groups excluding tert-OH is 1. The van der Waals surface area contributed by atoms with Crippen LogP contribution in [0.15, 0.2) is 72.9 Å². The third-order valence-corrected chi connectivity index (χ3v) is 8.65. The van der Waals surface area contributed by atoms with E-state index in [-0.39, 0.29) is 37.3 Å². The standard InChI is InChI=1S/C35H57N3O5S2.C2H6/c1-5-6-7-8-9-10-11-12-13-14-15-16-17-18-19-20-21-22-23-31(40)36-26-28-44-45-29-27-37-32(41)24-25-38-34(42)33(43-4)35(2,3)30-39;1-2/h6-7,9-10,12-13,15-16,18-19,21-22,33,39H,5,8,11,14,17,20,23-30H2,1-4H3,(H,36,40)(H,37,41)(H,38,42);1-2H3/b7-6-,10-9-,13-12-,16-15-,19-18-,22-21-;. The largest absolute Gasteiger partial charge is 0.396 e. The van der Waals surface area contributed by atoms with Gasteiger partial charge in [0.1, 0.15) is 6.10 Å². The molecular formula is C37H63N3O5S2. The number of nitrogens with one attached hydrogen (secondary N) is 3. The van der Waals surface area contributed by atoms with Gasteiger partial charge in [0.05, 0.1) is 6.61 Å². The maximum absolute atomic E-state index is 12.2. The summed E-state index contributed by atoms with van der Waals surface area (Å²) in [4.78, 5) is 36.2. The lowest BCUT2D eigenvalue weighted by Crippen LogP contribution is -2.47. The van der Waals surface area contributed by atoms with E-state index in [1.807, 2.05) is 26.0 Å². The van der Waals surface area contributed by atoms with Crippen molar-refractivity contribution >= 4 is 39.3 Å². The van der Waals surface area contributed by atoms with Crippen molar-refractivity contribution in [2.45, 2.75) is 92.1 Å². The number of carbonyl (C=O) groups is 3. The molecule has 8 nitrogen and oxygen atoms in total. The molecule has 3 amide bonds. The minimum atomic E-state index is -0.791. The molecule has 0 aliphatic rings. The predicted molar refractivity (Wildman–Crippen MR) is 204 cm³/mol. The summed E-state index contributed by atoms with van der Waals surface area (Å²) in [5.41, 5.74) is -0.715. The van der Waals surface area contributed by atoms with Gasteiger partial charge in [-0.05, 0) is 38.5 Å². The van der Waals surface area contributed by atoms with Gasteiger partial charge >= 0.3 is 0 Å². The van der Waals surface area contributed by atoms with E-state index < -0.39 is 11.5 Å². The molecule has 0 aromatic carbocycles. The van der Waals surface area contributed by atoms with Gasteiger partial charge in [-0.3, -0.25) is 14.4 Å². The van der Waals surface area contributed by atoms with E-state index in [2.05, 4.69) is 83.6 Å². The van der Waals surface area contributed by atoms with Crippen LogP contribution in [0.5, 0.6) is 0 Å². The molecule has 0 saturated heterocycles. The number of allylic oxidation sites excluding steroid dienone is 11. The Kier molecular flexibility index (Phi) is 34.5. The number of amides is 3. The first-order valence-corrected chi connectivity index (χ1v) is 19.4. The minimum absolute atomic E-state index is 0.0109. The number of aliphatic hydroxyl groups is 1. The molecule has 0 bridgehead atoms. The molecule has 47 heavy (non-hydrogen) atoms. The highest BCUT2D eigenvalue weighted by Crippen LogP contribution is 2.22. The van der Waals surface area contributed by atoms with Gasteiger partial charge in [0.2, 0.25) is 17.7 Å². The van der Waals surface area contributed by atoms with Crippen LogP contribution in [0.3, 0.4) is 0 Å². The van der Waals surface area contributed by atoms with Crippen LogP contribution in [0, 0.1) is 5.41 Å².